The van der Waals surface area contributed by atoms with Gasteiger partial charge in [0.25, 0.3) is 0 Å². The van der Waals surface area contributed by atoms with Gasteiger partial charge in [0.2, 0.25) is 5.91 Å². The van der Waals surface area contributed by atoms with Crippen molar-refractivity contribution in [3.05, 3.63) is 52.2 Å². The van der Waals surface area contributed by atoms with Crippen molar-refractivity contribution in [2.75, 3.05) is 11.6 Å². The molecule has 2 aromatic rings. The van der Waals surface area contributed by atoms with E-state index in [1.165, 1.54) is 18.2 Å². The summed E-state index contributed by atoms with van der Waals surface area (Å²) in [5.74, 6) is -0.298. The second kappa shape index (κ2) is 6.24. The number of thiophene rings is 1. The van der Waals surface area contributed by atoms with Crippen LogP contribution < -0.4 is 5.32 Å². The summed E-state index contributed by atoms with van der Waals surface area (Å²) in [6, 6.07) is 8.17. The lowest BCUT2D eigenvalue weighted by atomic mass is 10.2. The average molecular weight is 321 g/mol. The fourth-order valence-corrected chi connectivity index (χ4v) is 3.18. The molecule has 4 nitrogen and oxygen atoms in total. The van der Waals surface area contributed by atoms with Crippen molar-refractivity contribution in [2.24, 2.45) is 0 Å². The Labute approximate surface area is 128 Å². The van der Waals surface area contributed by atoms with E-state index in [1.54, 1.807) is 29.5 Å². The van der Waals surface area contributed by atoms with Crippen LogP contribution in [0.5, 0.6) is 0 Å². The third-order valence-electron chi connectivity index (χ3n) is 2.82. The van der Waals surface area contributed by atoms with Gasteiger partial charge in [-0.1, -0.05) is 6.07 Å². The number of aryl methyl sites for hydroxylation is 1. The monoisotopic (exact) mass is 321 g/mol. The van der Waals surface area contributed by atoms with E-state index in [-0.39, 0.29) is 10.8 Å². The number of anilines is 1. The molecule has 0 saturated carbocycles. The summed E-state index contributed by atoms with van der Waals surface area (Å²) in [5, 5.41) is 4.61. The summed E-state index contributed by atoms with van der Waals surface area (Å²) in [6.45, 7) is 1.98. The minimum atomic E-state index is -3.28. The zero-order chi connectivity index (χ0) is 15.5. The van der Waals surface area contributed by atoms with Crippen molar-refractivity contribution in [1.82, 2.24) is 0 Å². The molecule has 0 atom stereocenters. The highest BCUT2D eigenvalue weighted by Crippen LogP contribution is 2.18. The van der Waals surface area contributed by atoms with Crippen molar-refractivity contribution in [3.63, 3.8) is 0 Å². The van der Waals surface area contributed by atoms with Gasteiger partial charge in [-0.15, -0.1) is 11.3 Å². The molecule has 0 bridgehead atoms. The van der Waals surface area contributed by atoms with E-state index in [4.69, 9.17) is 0 Å². The molecule has 1 aromatic heterocycles. The predicted octanol–water partition coefficient (Wildman–Crippen LogP) is 3.11. The van der Waals surface area contributed by atoms with Crippen LogP contribution in [0.1, 0.15) is 10.4 Å². The van der Waals surface area contributed by atoms with Gasteiger partial charge in [0.05, 0.1) is 4.90 Å². The lowest BCUT2D eigenvalue weighted by Gasteiger charge is -2.04. The molecule has 0 aliphatic heterocycles. The third kappa shape index (κ3) is 4.27. The Morgan fingerprint density at radius 1 is 1.29 bits per heavy atom. The molecule has 1 aromatic carbocycles. The third-order valence-corrected chi connectivity index (χ3v) is 4.91. The molecule has 1 N–H and O–H groups in total. The van der Waals surface area contributed by atoms with Crippen LogP contribution >= 0.6 is 11.3 Å². The molecule has 6 heteroatoms. The van der Waals surface area contributed by atoms with Crippen molar-refractivity contribution in [1.29, 1.82) is 0 Å². The Kier molecular flexibility index (Phi) is 4.59. The number of rotatable bonds is 4. The quantitative estimate of drug-likeness (QED) is 0.880. The first-order valence-corrected chi connectivity index (χ1v) is 8.96. The number of nitrogens with one attached hydrogen (secondary N) is 1. The fraction of sp³-hybridized carbons (Fsp3) is 0.133. The molecule has 0 aliphatic rings. The molecule has 0 aliphatic carbocycles. The largest absolute Gasteiger partial charge is 0.322 e. The van der Waals surface area contributed by atoms with E-state index >= 15 is 0 Å². The zero-order valence-electron chi connectivity index (χ0n) is 11.7. The molecule has 0 fully saturated rings. The van der Waals surface area contributed by atoms with Crippen LogP contribution in [0.3, 0.4) is 0 Å². The summed E-state index contributed by atoms with van der Waals surface area (Å²) >= 11 is 1.56. The van der Waals surface area contributed by atoms with Crippen molar-refractivity contribution >= 4 is 38.8 Å². The Balaban J connectivity index is 2.10. The van der Waals surface area contributed by atoms with E-state index in [1.807, 2.05) is 18.4 Å². The highest BCUT2D eigenvalue weighted by Gasteiger charge is 2.08. The topological polar surface area (TPSA) is 63.2 Å². The molecule has 0 radical (unpaired) electrons. The fourth-order valence-electron chi connectivity index (χ4n) is 1.69. The first-order chi connectivity index (χ1) is 9.86. The first-order valence-electron chi connectivity index (χ1n) is 6.19. The Bertz CT molecular complexity index is 789. The summed E-state index contributed by atoms with van der Waals surface area (Å²) in [5.41, 5.74) is 1.57. The molecule has 0 spiro atoms. The van der Waals surface area contributed by atoms with Crippen molar-refractivity contribution < 1.29 is 13.2 Å². The van der Waals surface area contributed by atoms with Crippen LogP contribution in [0.2, 0.25) is 0 Å². The van der Waals surface area contributed by atoms with E-state index in [0.29, 0.717) is 5.69 Å². The van der Waals surface area contributed by atoms with Gasteiger partial charge in [0, 0.05) is 22.9 Å². The average Bonchev–Trinajstić information content (AvgIpc) is 2.81. The van der Waals surface area contributed by atoms with Crippen LogP contribution in [0.15, 0.2) is 46.7 Å². The minimum Gasteiger partial charge on any atom is -0.322 e. The number of amides is 1. The van der Waals surface area contributed by atoms with Gasteiger partial charge < -0.3 is 5.32 Å². The number of hydrogen-bond acceptors (Lipinski definition) is 4. The van der Waals surface area contributed by atoms with E-state index in [2.05, 4.69) is 5.32 Å². The molecule has 110 valence electrons. The van der Waals surface area contributed by atoms with Crippen LogP contribution in [-0.2, 0) is 14.6 Å². The number of hydrogen-bond donors (Lipinski definition) is 1. The predicted molar refractivity (Wildman–Crippen MR) is 86.3 cm³/mol. The summed E-state index contributed by atoms with van der Waals surface area (Å²) in [4.78, 5) is 13.0. The van der Waals surface area contributed by atoms with Crippen molar-refractivity contribution in [3.8, 4) is 0 Å². The smallest absolute Gasteiger partial charge is 0.248 e. The van der Waals surface area contributed by atoms with Gasteiger partial charge in [-0.05, 0) is 48.2 Å². The maximum atomic E-state index is 11.8. The highest BCUT2D eigenvalue weighted by molar-refractivity contribution is 7.90. The number of sulfone groups is 1. The lowest BCUT2D eigenvalue weighted by Crippen LogP contribution is -2.08. The van der Waals surface area contributed by atoms with Crippen LogP contribution in [0.25, 0.3) is 6.08 Å². The maximum Gasteiger partial charge on any atom is 0.248 e. The molecule has 2 rings (SSSR count). The summed E-state index contributed by atoms with van der Waals surface area (Å²) < 4.78 is 22.9. The summed E-state index contributed by atoms with van der Waals surface area (Å²) in [7, 11) is -3.28. The standard InChI is InChI=1S/C15H15NO3S2/c1-11-8-9-20-14(11)6-7-15(17)16-12-4-3-5-13(10-12)21(2,18)19/h3-10H,1-2H3,(H,16,17). The van der Waals surface area contributed by atoms with E-state index < -0.39 is 9.84 Å². The molecule has 1 amide bonds. The molecule has 0 unspecified atom stereocenters. The second-order valence-electron chi connectivity index (χ2n) is 4.59. The van der Waals surface area contributed by atoms with Gasteiger partial charge in [0.1, 0.15) is 0 Å². The molecular formula is C15H15NO3S2. The molecule has 1 heterocycles. The Morgan fingerprint density at radius 2 is 2.05 bits per heavy atom. The first kappa shape index (κ1) is 15.5. The van der Waals surface area contributed by atoms with Crippen LogP contribution in [-0.4, -0.2) is 20.6 Å². The zero-order valence-corrected chi connectivity index (χ0v) is 13.3. The molecule has 0 saturated heterocycles. The van der Waals surface area contributed by atoms with Crippen LogP contribution in [0, 0.1) is 6.92 Å². The lowest BCUT2D eigenvalue weighted by molar-refractivity contribution is -0.111. The molecule has 21 heavy (non-hydrogen) atoms. The number of carbonyl (C=O) groups excluding carboxylic acids is 1. The second-order valence-corrected chi connectivity index (χ2v) is 7.55. The normalized spacial score (nSPS) is 11.7. The number of benzene rings is 1. The van der Waals surface area contributed by atoms with Gasteiger partial charge in [-0.3, -0.25) is 4.79 Å². The SMILES string of the molecule is Cc1ccsc1C=CC(=O)Nc1cccc(S(C)(=O)=O)c1. The minimum absolute atomic E-state index is 0.179. The highest BCUT2D eigenvalue weighted by atomic mass is 32.2. The number of carbonyl (C=O) groups is 1. The Morgan fingerprint density at radius 3 is 2.67 bits per heavy atom. The molecular weight excluding hydrogens is 306 g/mol. The van der Waals surface area contributed by atoms with Crippen molar-refractivity contribution in [2.45, 2.75) is 11.8 Å². The summed E-state index contributed by atoms with van der Waals surface area (Å²) in [6.07, 6.45) is 4.31. The Hall–Kier alpha value is -1.92. The van der Waals surface area contributed by atoms with Gasteiger partial charge >= 0.3 is 0 Å². The van der Waals surface area contributed by atoms with E-state index in [0.717, 1.165) is 16.7 Å². The van der Waals surface area contributed by atoms with Gasteiger partial charge in [-0.2, -0.15) is 0 Å². The van der Waals surface area contributed by atoms with Gasteiger partial charge in [0.15, 0.2) is 9.84 Å². The van der Waals surface area contributed by atoms with E-state index in [9.17, 15) is 13.2 Å². The van der Waals surface area contributed by atoms with Crippen LogP contribution in [0.4, 0.5) is 5.69 Å². The van der Waals surface area contributed by atoms with Gasteiger partial charge in [-0.25, -0.2) is 8.42 Å². The maximum absolute atomic E-state index is 11.8.